The Morgan fingerprint density at radius 3 is 1.71 bits per heavy atom. The van der Waals surface area contributed by atoms with E-state index >= 15 is 0 Å². The molecule has 0 atom stereocenters. The summed E-state index contributed by atoms with van der Waals surface area (Å²) >= 11 is 10.2. The van der Waals surface area contributed by atoms with Gasteiger partial charge in [0.25, 0.3) is 0 Å². The third-order valence-corrected chi connectivity index (χ3v) is 0.745. The van der Waals surface area contributed by atoms with Crippen molar-refractivity contribution in [3.05, 3.63) is 0 Å². The molecule has 0 bridgehead atoms. The predicted molar refractivity (Wildman–Crippen MR) is 28.3 cm³/mol. The van der Waals surface area contributed by atoms with E-state index in [1.54, 1.807) is 0 Å². The Morgan fingerprint density at radius 2 is 1.71 bits per heavy atom. The lowest BCUT2D eigenvalue weighted by Crippen LogP contribution is -2.07. The Hall–Kier alpha value is 0.500. The van der Waals surface area contributed by atoms with E-state index in [1.165, 1.54) is 0 Å². The molecule has 0 rings (SSSR count). The van der Waals surface area contributed by atoms with Crippen LogP contribution in [0.25, 0.3) is 0 Å². The number of hydrogen-bond donors (Lipinski definition) is 2. The van der Waals surface area contributed by atoms with Crippen LogP contribution in [0.3, 0.4) is 0 Å². The first-order chi connectivity index (χ1) is 3.13. The molecule has 7 heavy (non-hydrogen) atoms. The highest BCUT2D eigenvalue weighted by Crippen LogP contribution is 2.07. The van der Waals surface area contributed by atoms with Gasteiger partial charge >= 0.3 is 0 Å². The predicted octanol–water partition coefficient (Wildman–Crippen LogP) is 0.491. The summed E-state index contributed by atoms with van der Waals surface area (Å²) in [5.41, 5.74) is 0. The van der Waals surface area contributed by atoms with E-state index in [-0.39, 0.29) is 6.42 Å². The van der Waals surface area contributed by atoms with Crippen LogP contribution in [0.15, 0.2) is 0 Å². The van der Waals surface area contributed by atoms with Gasteiger partial charge in [-0.15, -0.1) is 23.2 Å². The molecule has 0 aliphatic rings. The fourth-order valence-electron chi connectivity index (χ4n) is 0.159. The standard InChI is InChI=1S/C3H6Cl2O2/c4-2(5)1-3(6)7/h2-3,6-7H,1H2. The number of aliphatic hydroxyl groups excluding tert-OH is 1. The van der Waals surface area contributed by atoms with Gasteiger partial charge in [0, 0.05) is 6.42 Å². The van der Waals surface area contributed by atoms with Crippen LogP contribution in [0.2, 0.25) is 0 Å². The summed E-state index contributed by atoms with van der Waals surface area (Å²) in [5.74, 6) is 0. The summed E-state index contributed by atoms with van der Waals surface area (Å²) in [5, 5.41) is 16.2. The van der Waals surface area contributed by atoms with Crippen LogP contribution in [0.1, 0.15) is 6.42 Å². The number of rotatable bonds is 2. The second-order valence-corrected chi connectivity index (χ2v) is 2.38. The van der Waals surface area contributed by atoms with Crippen molar-refractivity contribution in [1.29, 1.82) is 0 Å². The summed E-state index contributed by atoms with van der Waals surface area (Å²) < 4.78 is 0. The number of hydrogen-bond acceptors (Lipinski definition) is 2. The SMILES string of the molecule is OC(O)CC(Cl)Cl. The molecule has 0 spiro atoms. The Kier molecular flexibility index (Phi) is 3.75. The second-order valence-electron chi connectivity index (χ2n) is 1.11. The molecule has 0 saturated carbocycles. The molecule has 0 radical (unpaired) electrons. The van der Waals surface area contributed by atoms with Gasteiger partial charge in [0.2, 0.25) is 0 Å². The van der Waals surface area contributed by atoms with Gasteiger partial charge in [0.05, 0.1) is 0 Å². The maximum Gasteiger partial charge on any atom is 0.154 e. The van der Waals surface area contributed by atoms with Crippen molar-refractivity contribution >= 4 is 23.2 Å². The zero-order chi connectivity index (χ0) is 5.86. The molecular weight excluding hydrogens is 139 g/mol. The van der Waals surface area contributed by atoms with Gasteiger partial charge < -0.3 is 10.2 Å². The molecule has 44 valence electrons. The molecular formula is C3H6Cl2O2. The molecule has 4 heteroatoms. The maximum atomic E-state index is 8.11. The third-order valence-electron chi connectivity index (χ3n) is 0.389. The normalized spacial score (nSPS) is 11.1. The van der Waals surface area contributed by atoms with Crippen LogP contribution in [-0.4, -0.2) is 21.3 Å². The lowest BCUT2D eigenvalue weighted by Gasteiger charge is -2.00. The monoisotopic (exact) mass is 144 g/mol. The number of aliphatic hydroxyl groups is 2. The summed E-state index contributed by atoms with van der Waals surface area (Å²) in [6.07, 6.45) is -1.39. The molecule has 2 nitrogen and oxygen atoms in total. The molecule has 0 aromatic rings. The summed E-state index contributed by atoms with van der Waals surface area (Å²) in [6, 6.07) is 0. The second kappa shape index (κ2) is 3.50. The Bertz CT molecular complexity index is 40.2. The van der Waals surface area contributed by atoms with E-state index in [0.29, 0.717) is 0 Å². The third kappa shape index (κ3) is 6.50. The van der Waals surface area contributed by atoms with Crippen molar-refractivity contribution in [1.82, 2.24) is 0 Å². The van der Waals surface area contributed by atoms with Gasteiger partial charge in [-0.2, -0.15) is 0 Å². The first-order valence-electron chi connectivity index (χ1n) is 1.77. The quantitative estimate of drug-likeness (QED) is 0.438. The maximum absolute atomic E-state index is 8.11. The van der Waals surface area contributed by atoms with Crippen molar-refractivity contribution in [2.45, 2.75) is 17.5 Å². The highest BCUT2D eigenvalue weighted by molar-refractivity contribution is 6.44. The minimum atomic E-state index is -1.39. The van der Waals surface area contributed by atoms with Crippen molar-refractivity contribution in [2.75, 3.05) is 0 Å². The molecule has 2 N–H and O–H groups in total. The van der Waals surface area contributed by atoms with E-state index < -0.39 is 11.1 Å². The first-order valence-corrected chi connectivity index (χ1v) is 2.64. The fourth-order valence-corrected chi connectivity index (χ4v) is 0.478. The zero-order valence-corrected chi connectivity index (χ0v) is 5.02. The van der Waals surface area contributed by atoms with Gasteiger partial charge in [0.1, 0.15) is 4.84 Å². The average molecular weight is 145 g/mol. The number of alkyl halides is 2. The van der Waals surface area contributed by atoms with E-state index in [0.717, 1.165) is 0 Å². The zero-order valence-electron chi connectivity index (χ0n) is 3.51. The topological polar surface area (TPSA) is 40.5 Å². The molecule has 0 aliphatic carbocycles. The lowest BCUT2D eigenvalue weighted by molar-refractivity contribution is -0.0423. The van der Waals surface area contributed by atoms with Crippen LogP contribution in [-0.2, 0) is 0 Å². The molecule has 0 heterocycles. The van der Waals surface area contributed by atoms with Crippen LogP contribution in [0, 0.1) is 0 Å². The molecule has 0 fully saturated rings. The van der Waals surface area contributed by atoms with Crippen molar-refractivity contribution in [3.63, 3.8) is 0 Å². The Labute approximate surface area is 51.7 Å². The summed E-state index contributed by atoms with van der Waals surface area (Å²) in [4.78, 5) is -0.681. The smallest absolute Gasteiger partial charge is 0.154 e. The Morgan fingerprint density at radius 1 is 1.29 bits per heavy atom. The minimum absolute atomic E-state index is 0.00309. The van der Waals surface area contributed by atoms with Gasteiger partial charge in [-0.25, -0.2) is 0 Å². The van der Waals surface area contributed by atoms with Crippen LogP contribution in [0.4, 0.5) is 0 Å². The van der Waals surface area contributed by atoms with Crippen molar-refractivity contribution < 1.29 is 10.2 Å². The van der Waals surface area contributed by atoms with Crippen molar-refractivity contribution in [2.24, 2.45) is 0 Å². The minimum Gasteiger partial charge on any atom is -0.368 e. The van der Waals surface area contributed by atoms with E-state index in [4.69, 9.17) is 33.4 Å². The molecule has 0 aromatic heterocycles. The van der Waals surface area contributed by atoms with E-state index in [1.807, 2.05) is 0 Å². The van der Waals surface area contributed by atoms with Crippen molar-refractivity contribution in [3.8, 4) is 0 Å². The molecule has 0 unspecified atom stereocenters. The van der Waals surface area contributed by atoms with Crippen LogP contribution < -0.4 is 0 Å². The fraction of sp³-hybridized carbons (Fsp3) is 1.00. The molecule has 0 aliphatic heterocycles. The average Bonchev–Trinajstić information content (AvgIpc) is 1.27. The van der Waals surface area contributed by atoms with Crippen LogP contribution in [0.5, 0.6) is 0 Å². The summed E-state index contributed by atoms with van der Waals surface area (Å²) in [6.45, 7) is 0. The summed E-state index contributed by atoms with van der Waals surface area (Å²) in [7, 11) is 0. The Balaban J connectivity index is 2.95. The molecule has 0 aromatic carbocycles. The largest absolute Gasteiger partial charge is 0.368 e. The molecule has 0 saturated heterocycles. The lowest BCUT2D eigenvalue weighted by atomic mass is 10.5. The highest BCUT2D eigenvalue weighted by atomic mass is 35.5. The van der Waals surface area contributed by atoms with Gasteiger partial charge in [-0.1, -0.05) is 0 Å². The molecule has 0 amide bonds. The highest BCUT2D eigenvalue weighted by Gasteiger charge is 2.03. The first kappa shape index (κ1) is 7.50. The van der Waals surface area contributed by atoms with Gasteiger partial charge in [-0.3, -0.25) is 0 Å². The van der Waals surface area contributed by atoms with E-state index in [2.05, 4.69) is 0 Å². The van der Waals surface area contributed by atoms with Gasteiger partial charge in [-0.05, 0) is 0 Å². The number of halogens is 2. The van der Waals surface area contributed by atoms with Crippen LogP contribution >= 0.6 is 23.2 Å². The van der Waals surface area contributed by atoms with E-state index in [9.17, 15) is 0 Å². The van der Waals surface area contributed by atoms with Gasteiger partial charge in [0.15, 0.2) is 6.29 Å².